The summed E-state index contributed by atoms with van der Waals surface area (Å²) >= 11 is 2.05. The third-order valence-electron chi connectivity index (χ3n) is 2.59. The smallest absolute Gasteiger partial charge is 0.264 e. The van der Waals surface area contributed by atoms with Crippen molar-refractivity contribution >= 4 is 22.6 Å². The fraction of sp³-hybridized carbons (Fsp3) is 0.417. The number of hydrogen-bond donors (Lipinski definition) is 1. The molecule has 0 aliphatic carbocycles. The van der Waals surface area contributed by atoms with Crippen molar-refractivity contribution in [3.05, 3.63) is 32.1 Å². The highest BCUT2D eigenvalue weighted by molar-refractivity contribution is 14.1. The van der Waals surface area contributed by atoms with Crippen molar-refractivity contribution in [2.45, 2.75) is 20.3 Å². The zero-order valence-corrected chi connectivity index (χ0v) is 12.7. The minimum atomic E-state index is -0.0857. The van der Waals surface area contributed by atoms with Crippen LogP contribution in [0.25, 0.3) is 11.5 Å². The van der Waals surface area contributed by atoms with Gasteiger partial charge in [-0.25, -0.2) is 9.97 Å². The second-order valence-corrected chi connectivity index (χ2v) is 5.74. The van der Waals surface area contributed by atoms with Gasteiger partial charge >= 0.3 is 0 Å². The fourth-order valence-corrected chi connectivity index (χ4v) is 2.21. The topological polar surface area (TPSA) is 63.6 Å². The van der Waals surface area contributed by atoms with Gasteiger partial charge in [-0.1, -0.05) is 13.8 Å². The second kappa shape index (κ2) is 5.21. The third kappa shape index (κ3) is 2.63. The van der Waals surface area contributed by atoms with E-state index >= 15 is 0 Å². The van der Waals surface area contributed by atoms with Gasteiger partial charge in [0, 0.05) is 7.05 Å². The minimum Gasteiger partial charge on any atom is -0.331 e. The van der Waals surface area contributed by atoms with Crippen LogP contribution in [0, 0.1) is 9.49 Å². The number of rotatable bonds is 3. The van der Waals surface area contributed by atoms with Crippen LogP contribution in [-0.2, 0) is 13.5 Å². The van der Waals surface area contributed by atoms with Gasteiger partial charge in [0.15, 0.2) is 5.82 Å². The number of H-pyrrole nitrogens is 1. The van der Waals surface area contributed by atoms with Crippen molar-refractivity contribution in [1.82, 2.24) is 19.5 Å². The van der Waals surface area contributed by atoms with E-state index in [0.29, 0.717) is 15.3 Å². The molecule has 6 heteroatoms. The van der Waals surface area contributed by atoms with Gasteiger partial charge in [-0.3, -0.25) is 4.79 Å². The Balaban J connectivity index is 2.54. The van der Waals surface area contributed by atoms with Crippen LogP contribution in [0.2, 0.25) is 0 Å². The summed E-state index contributed by atoms with van der Waals surface area (Å²) in [5.74, 6) is 1.04. The van der Waals surface area contributed by atoms with E-state index in [0.717, 1.165) is 17.8 Å². The lowest BCUT2D eigenvalue weighted by molar-refractivity contribution is 0.630. The molecule has 2 aromatic heterocycles. The number of hydrogen-bond acceptors (Lipinski definition) is 3. The lowest BCUT2D eigenvalue weighted by atomic mass is 10.1. The summed E-state index contributed by atoms with van der Waals surface area (Å²) in [7, 11) is 1.88. The number of nitrogens with zero attached hydrogens (tertiary/aromatic N) is 3. The summed E-state index contributed by atoms with van der Waals surface area (Å²) in [6.45, 7) is 4.23. The highest BCUT2D eigenvalue weighted by Crippen LogP contribution is 2.16. The fourth-order valence-electron chi connectivity index (χ4n) is 1.73. The molecule has 0 saturated heterocycles. The first-order chi connectivity index (χ1) is 8.49. The van der Waals surface area contributed by atoms with Crippen molar-refractivity contribution in [2.75, 3.05) is 0 Å². The van der Waals surface area contributed by atoms with Crippen molar-refractivity contribution in [3.8, 4) is 11.5 Å². The molecule has 2 heterocycles. The Hall–Kier alpha value is -1.18. The Morgan fingerprint density at radius 1 is 1.50 bits per heavy atom. The second-order valence-electron chi connectivity index (χ2n) is 4.66. The molecular formula is C12H15IN4O. The molecule has 0 aliphatic heterocycles. The lowest BCUT2D eigenvalue weighted by Gasteiger charge is -2.08. The van der Waals surface area contributed by atoms with Gasteiger partial charge in [-0.2, -0.15) is 0 Å². The molecule has 18 heavy (non-hydrogen) atoms. The number of nitrogens with one attached hydrogen (secondary N) is 1. The molecule has 2 rings (SSSR count). The maximum atomic E-state index is 11.9. The molecule has 0 unspecified atom stereocenters. The van der Waals surface area contributed by atoms with Crippen LogP contribution in [0.15, 0.2) is 17.3 Å². The molecular weight excluding hydrogens is 343 g/mol. The molecule has 0 fully saturated rings. The quantitative estimate of drug-likeness (QED) is 0.854. The summed E-state index contributed by atoms with van der Waals surface area (Å²) in [5, 5.41) is 0. The maximum absolute atomic E-state index is 11.9. The van der Waals surface area contributed by atoms with Gasteiger partial charge in [-0.15, -0.1) is 0 Å². The maximum Gasteiger partial charge on any atom is 0.264 e. The van der Waals surface area contributed by atoms with Crippen LogP contribution >= 0.6 is 22.6 Å². The van der Waals surface area contributed by atoms with Crippen molar-refractivity contribution in [3.63, 3.8) is 0 Å². The van der Waals surface area contributed by atoms with E-state index in [2.05, 4.69) is 51.4 Å². The number of halogens is 1. The first kappa shape index (κ1) is 13.3. The number of aromatic nitrogens is 4. The van der Waals surface area contributed by atoms with Crippen molar-refractivity contribution in [2.24, 2.45) is 13.0 Å². The first-order valence-corrected chi connectivity index (χ1v) is 6.82. The number of aryl methyl sites for hydroxylation is 1. The Labute approximate surface area is 119 Å². The van der Waals surface area contributed by atoms with Crippen LogP contribution in [0.5, 0.6) is 0 Å². The highest BCUT2D eigenvalue weighted by atomic mass is 127. The van der Waals surface area contributed by atoms with Crippen LogP contribution in [0.4, 0.5) is 0 Å². The van der Waals surface area contributed by atoms with Crippen LogP contribution < -0.4 is 5.56 Å². The van der Waals surface area contributed by atoms with E-state index < -0.39 is 0 Å². The minimum absolute atomic E-state index is 0.0857. The molecule has 0 bridgehead atoms. The van der Waals surface area contributed by atoms with Gasteiger partial charge in [0.1, 0.15) is 5.69 Å². The predicted octanol–water partition coefficient (Wildman–Crippen LogP) is 1.97. The average molecular weight is 358 g/mol. The lowest BCUT2D eigenvalue weighted by Crippen LogP contribution is -2.18. The number of aromatic amines is 1. The highest BCUT2D eigenvalue weighted by Gasteiger charge is 2.13. The molecule has 0 aromatic carbocycles. The van der Waals surface area contributed by atoms with E-state index in [1.807, 2.05) is 11.6 Å². The molecule has 0 radical (unpaired) electrons. The largest absolute Gasteiger partial charge is 0.331 e. The number of imidazole rings is 1. The Morgan fingerprint density at radius 2 is 2.22 bits per heavy atom. The van der Waals surface area contributed by atoms with Gasteiger partial charge in [0.05, 0.1) is 21.8 Å². The van der Waals surface area contributed by atoms with E-state index in [4.69, 9.17) is 0 Å². The summed E-state index contributed by atoms with van der Waals surface area (Å²) in [4.78, 5) is 23.3. The van der Waals surface area contributed by atoms with E-state index in [9.17, 15) is 4.79 Å². The molecule has 0 amide bonds. The van der Waals surface area contributed by atoms with Crippen molar-refractivity contribution < 1.29 is 0 Å². The van der Waals surface area contributed by atoms with Crippen molar-refractivity contribution in [1.29, 1.82) is 0 Å². The molecule has 2 aromatic rings. The predicted molar refractivity (Wildman–Crippen MR) is 78.3 cm³/mol. The molecule has 5 nitrogen and oxygen atoms in total. The summed E-state index contributed by atoms with van der Waals surface area (Å²) in [5.41, 5.74) is 1.58. The van der Waals surface area contributed by atoms with Crippen LogP contribution in [0.1, 0.15) is 19.5 Å². The molecule has 0 saturated carbocycles. The molecule has 0 spiro atoms. The zero-order valence-electron chi connectivity index (χ0n) is 10.6. The monoisotopic (exact) mass is 358 g/mol. The van der Waals surface area contributed by atoms with Gasteiger partial charge in [0.25, 0.3) is 5.56 Å². The normalized spacial score (nSPS) is 11.2. The van der Waals surface area contributed by atoms with Crippen LogP contribution in [0.3, 0.4) is 0 Å². The SMILES string of the molecule is CC(C)Cc1nc(-c2cncn2C)[nH]c(=O)c1I. The van der Waals surface area contributed by atoms with E-state index in [-0.39, 0.29) is 5.56 Å². The zero-order chi connectivity index (χ0) is 13.3. The van der Waals surface area contributed by atoms with Gasteiger partial charge in [0.2, 0.25) is 0 Å². The van der Waals surface area contributed by atoms with E-state index in [1.165, 1.54) is 0 Å². The first-order valence-electron chi connectivity index (χ1n) is 5.74. The van der Waals surface area contributed by atoms with E-state index in [1.54, 1.807) is 12.5 Å². The standard InChI is InChI=1S/C12H15IN4O/c1-7(2)4-8-10(13)12(18)16-11(15-8)9-5-14-6-17(9)3/h5-7H,4H2,1-3H3,(H,15,16,18). The molecule has 96 valence electrons. The Kier molecular flexibility index (Phi) is 3.84. The third-order valence-corrected chi connectivity index (χ3v) is 3.70. The summed E-state index contributed by atoms with van der Waals surface area (Å²) in [6.07, 6.45) is 4.19. The average Bonchev–Trinajstić information content (AvgIpc) is 2.70. The van der Waals surface area contributed by atoms with Gasteiger partial charge < -0.3 is 9.55 Å². The van der Waals surface area contributed by atoms with Crippen LogP contribution in [-0.4, -0.2) is 19.5 Å². The molecule has 1 N–H and O–H groups in total. The van der Waals surface area contributed by atoms with Gasteiger partial charge in [-0.05, 0) is 34.9 Å². The Bertz CT molecular complexity index is 615. The summed E-state index contributed by atoms with van der Waals surface area (Å²) < 4.78 is 2.51. The molecule has 0 atom stereocenters. The molecule has 0 aliphatic rings. The summed E-state index contributed by atoms with van der Waals surface area (Å²) in [6, 6.07) is 0. The Morgan fingerprint density at radius 3 is 2.78 bits per heavy atom.